The Hall–Kier alpha value is -1.27. The van der Waals surface area contributed by atoms with Crippen molar-refractivity contribution < 1.29 is 13.2 Å². The molecule has 4 nitrogen and oxygen atoms in total. The third-order valence-corrected chi connectivity index (χ3v) is 4.67. The predicted molar refractivity (Wildman–Crippen MR) is 82.6 cm³/mol. The number of carbonyl (C=O) groups excluding carboxylic acids is 1. The Morgan fingerprint density at radius 3 is 2.05 bits per heavy atom. The molecule has 0 atom stereocenters. The summed E-state index contributed by atoms with van der Waals surface area (Å²) in [5.41, 5.74) is 0.0126. The van der Waals surface area contributed by atoms with Gasteiger partial charge in [-0.05, 0) is 42.5 Å². The first-order valence-electron chi connectivity index (χ1n) is 5.57. The van der Waals surface area contributed by atoms with Crippen molar-refractivity contribution in [2.24, 2.45) is 0 Å². The van der Waals surface area contributed by atoms with Gasteiger partial charge in [0.1, 0.15) is 0 Å². The van der Waals surface area contributed by atoms with Gasteiger partial charge in [0, 0.05) is 10.0 Å². The molecule has 0 spiro atoms. The third kappa shape index (κ3) is 3.89. The number of rotatable bonds is 3. The highest BCUT2D eigenvalue weighted by atomic mass is 35.5. The molecule has 2 rings (SSSR count). The minimum Gasteiger partial charge on any atom is -0.268 e. The van der Waals surface area contributed by atoms with E-state index in [-0.39, 0.29) is 15.5 Å². The van der Waals surface area contributed by atoms with Gasteiger partial charge in [0.25, 0.3) is 15.9 Å². The van der Waals surface area contributed by atoms with Crippen LogP contribution in [0, 0.1) is 0 Å². The van der Waals surface area contributed by atoms with Crippen molar-refractivity contribution >= 4 is 50.7 Å². The van der Waals surface area contributed by atoms with E-state index in [4.69, 9.17) is 34.8 Å². The lowest BCUT2D eigenvalue weighted by atomic mass is 10.2. The molecule has 0 heterocycles. The summed E-state index contributed by atoms with van der Waals surface area (Å²) in [6.07, 6.45) is 0. The van der Waals surface area contributed by atoms with Gasteiger partial charge in [-0.25, -0.2) is 13.1 Å². The van der Waals surface area contributed by atoms with Crippen molar-refractivity contribution in [1.29, 1.82) is 0 Å². The number of hydrogen-bond donors (Lipinski definition) is 1. The van der Waals surface area contributed by atoms with Gasteiger partial charge in [0.15, 0.2) is 0 Å². The molecule has 0 aliphatic carbocycles. The number of benzene rings is 2. The van der Waals surface area contributed by atoms with E-state index < -0.39 is 15.9 Å². The van der Waals surface area contributed by atoms with Crippen LogP contribution in [0.5, 0.6) is 0 Å². The van der Waals surface area contributed by atoms with E-state index in [1.807, 2.05) is 4.72 Å². The lowest BCUT2D eigenvalue weighted by Crippen LogP contribution is -2.30. The van der Waals surface area contributed by atoms with E-state index >= 15 is 0 Å². The highest BCUT2D eigenvalue weighted by Gasteiger charge is 2.20. The molecule has 1 amide bonds. The maximum atomic E-state index is 12.1. The van der Waals surface area contributed by atoms with Gasteiger partial charge in [0.2, 0.25) is 0 Å². The van der Waals surface area contributed by atoms with E-state index in [2.05, 4.69) is 0 Å². The second-order valence-corrected chi connectivity index (χ2v) is 6.98. The Labute approximate surface area is 136 Å². The van der Waals surface area contributed by atoms with E-state index in [9.17, 15) is 13.2 Å². The highest BCUT2D eigenvalue weighted by molar-refractivity contribution is 7.90. The van der Waals surface area contributed by atoms with Gasteiger partial charge in [-0.15, -0.1) is 0 Å². The standard InChI is InChI=1S/C13H8Cl3NO3S/c14-8-1-4-10(5-2-8)21(19,20)17-13(18)11-6-3-9(15)7-12(11)16/h1-7H,(H,17,18). The molecule has 0 saturated carbocycles. The topological polar surface area (TPSA) is 63.2 Å². The Bertz CT molecular complexity index is 789. The van der Waals surface area contributed by atoms with Gasteiger partial charge in [-0.2, -0.15) is 0 Å². The molecule has 0 bridgehead atoms. The third-order valence-electron chi connectivity index (χ3n) is 2.53. The molecule has 2 aromatic carbocycles. The van der Waals surface area contributed by atoms with Gasteiger partial charge in [-0.3, -0.25) is 4.79 Å². The maximum Gasteiger partial charge on any atom is 0.266 e. The van der Waals surface area contributed by atoms with E-state index in [0.29, 0.717) is 10.0 Å². The minimum atomic E-state index is -4.00. The van der Waals surface area contributed by atoms with Gasteiger partial charge in [0.05, 0.1) is 15.5 Å². The second kappa shape index (κ2) is 6.23. The van der Waals surface area contributed by atoms with E-state index in [1.165, 1.54) is 42.5 Å². The van der Waals surface area contributed by atoms with Crippen LogP contribution in [0.3, 0.4) is 0 Å². The Morgan fingerprint density at radius 1 is 0.905 bits per heavy atom. The summed E-state index contributed by atoms with van der Waals surface area (Å²) >= 11 is 17.3. The first-order valence-corrected chi connectivity index (χ1v) is 8.19. The summed E-state index contributed by atoms with van der Waals surface area (Å²) in [6, 6.07) is 9.55. The first-order chi connectivity index (χ1) is 9.79. The normalized spacial score (nSPS) is 11.2. The molecule has 0 aliphatic rings. The SMILES string of the molecule is O=C(NS(=O)(=O)c1ccc(Cl)cc1)c1ccc(Cl)cc1Cl. The molecule has 8 heteroatoms. The van der Waals surface area contributed by atoms with Crippen LogP contribution in [0.4, 0.5) is 0 Å². The lowest BCUT2D eigenvalue weighted by Gasteiger charge is -2.08. The smallest absolute Gasteiger partial charge is 0.266 e. The predicted octanol–water partition coefficient (Wildman–Crippen LogP) is 3.77. The van der Waals surface area contributed by atoms with Crippen molar-refractivity contribution in [3.8, 4) is 0 Å². The molecule has 2 aromatic rings. The minimum absolute atomic E-state index is 0.0126. The van der Waals surface area contributed by atoms with Gasteiger partial charge < -0.3 is 0 Å². The molecular weight excluding hydrogens is 357 g/mol. The summed E-state index contributed by atoms with van der Waals surface area (Å²) in [4.78, 5) is 11.9. The summed E-state index contributed by atoms with van der Waals surface area (Å²) < 4.78 is 26.1. The van der Waals surface area contributed by atoms with Crippen molar-refractivity contribution in [2.45, 2.75) is 4.90 Å². The Morgan fingerprint density at radius 2 is 1.48 bits per heavy atom. The van der Waals surface area contributed by atoms with Crippen LogP contribution >= 0.6 is 34.8 Å². The van der Waals surface area contributed by atoms with Gasteiger partial charge >= 0.3 is 0 Å². The molecule has 0 fully saturated rings. The number of halogens is 3. The Balaban J connectivity index is 2.28. The zero-order chi connectivity index (χ0) is 15.6. The molecule has 0 radical (unpaired) electrons. The molecular formula is C13H8Cl3NO3S. The average molecular weight is 365 g/mol. The van der Waals surface area contributed by atoms with E-state index in [1.54, 1.807) is 0 Å². The van der Waals surface area contributed by atoms with Crippen LogP contribution in [-0.2, 0) is 10.0 Å². The zero-order valence-electron chi connectivity index (χ0n) is 10.3. The first kappa shape index (κ1) is 16.1. The summed E-state index contributed by atoms with van der Waals surface area (Å²) in [7, 11) is -4.00. The molecule has 0 saturated heterocycles. The molecule has 21 heavy (non-hydrogen) atoms. The van der Waals surface area contributed by atoms with Crippen LogP contribution in [0.25, 0.3) is 0 Å². The lowest BCUT2D eigenvalue weighted by molar-refractivity contribution is 0.0981. The fourth-order valence-corrected chi connectivity index (χ4v) is 3.11. The number of hydrogen-bond acceptors (Lipinski definition) is 3. The highest BCUT2D eigenvalue weighted by Crippen LogP contribution is 2.21. The summed E-state index contributed by atoms with van der Waals surface area (Å²) in [6.45, 7) is 0. The molecule has 0 unspecified atom stereocenters. The van der Waals surface area contributed by atoms with E-state index in [0.717, 1.165) is 0 Å². The fraction of sp³-hybridized carbons (Fsp3) is 0. The average Bonchev–Trinajstić information content (AvgIpc) is 2.38. The number of carbonyl (C=O) groups is 1. The molecule has 0 aromatic heterocycles. The summed E-state index contributed by atoms with van der Waals surface area (Å²) in [5, 5.41) is 0.796. The monoisotopic (exact) mass is 363 g/mol. The number of sulfonamides is 1. The van der Waals surface area contributed by atoms with Crippen LogP contribution < -0.4 is 4.72 Å². The fourth-order valence-electron chi connectivity index (χ4n) is 1.52. The zero-order valence-corrected chi connectivity index (χ0v) is 13.4. The Kier molecular flexibility index (Phi) is 4.78. The van der Waals surface area contributed by atoms with Crippen LogP contribution in [0.2, 0.25) is 15.1 Å². The largest absolute Gasteiger partial charge is 0.268 e. The summed E-state index contributed by atoms with van der Waals surface area (Å²) in [5.74, 6) is -0.841. The number of amides is 1. The van der Waals surface area contributed by atoms with Gasteiger partial charge in [-0.1, -0.05) is 34.8 Å². The molecule has 0 aliphatic heterocycles. The van der Waals surface area contributed by atoms with Crippen molar-refractivity contribution in [3.63, 3.8) is 0 Å². The number of nitrogens with one attached hydrogen (secondary N) is 1. The van der Waals surface area contributed by atoms with Crippen molar-refractivity contribution in [3.05, 3.63) is 63.1 Å². The molecule has 1 N–H and O–H groups in total. The maximum absolute atomic E-state index is 12.1. The quantitative estimate of drug-likeness (QED) is 0.902. The van der Waals surface area contributed by atoms with Crippen molar-refractivity contribution in [2.75, 3.05) is 0 Å². The van der Waals surface area contributed by atoms with Crippen LogP contribution in [0.1, 0.15) is 10.4 Å². The second-order valence-electron chi connectivity index (χ2n) is 4.01. The van der Waals surface area contributed by atoms with Crippen molar-refractivity contribution in [1.82, 2.24) is 4.72 Å². The van der Waals surface area contributed by atoms with Crippen LogP contribution in [0.15, 0.2) is 47.4 Å². The van der Waals surface area contributed by atoms with Crippen LogP contribution in [-0.4, -0.2) is 14.3 Å². The molecule has 110 valence electrons.